The van der Waals surface area contributed by atoms with Crippen molar-refractivity contribution in [3.05, 3.63) is 35.2 Å². The molecule has 0 saturated carbocycles. The Hall–Kier alpha value is -2.74. The van der Waals surface area contributed by atoms with Gasteiger partial charge in [0.1, 0.15) is 10.6 Å². The number of carbonyl (C=O) groups is 1. The van der Waals surface area contributed by atoms with Crippen LogP contribution in [0.15, 0.2) is 30.3 Å². The first-order chi connectivity index (χ1) is 10.2. The number of hydrogen-bond donors (Lipinski definition) is 2. The number of nitrogens with zero attached hydrogens (tertiary/aromatic N) is 3. The Morgan fingerprint density at radius 2 is 2.24 bits per heavy atom. The number of benzene rings is 1. The number of thiophene rings is 1. The lowest BCUT2D eigenvalue weighted by molar-refractivity contribution is 0.0702. The molecule has 21 heavy (non-hydrogen) atoms. The molecule has 3 aromatic rings. The van der Waals surface area contributed by atoms with Gasteiger partial charge in [-0.2, -0.15) is 5.21 Å². The van der Waals surface area contributed by atoms with Crippen LogP contribution >= 0.6 is 11.3 Å². The predicted octanol–water partition coefficient (Wildman–Crippen LogP) is 2.30. The van der Waals surface area contributed by atoms with Gasteiger partial charge in [0.2, 0.25) is 5.82 Å². The average molecular weight is 302 g/mol. The minimum absolute atomic E-state index is 0.215. The number of rotatable bonds is 4. The second kappa shape index (κ2) is 5.33. The Labute approximate surface area is 123 Å². The summed E-state index contributed by atoms with van der Waals surface area (Å²) in [4.78, 5) is 12.2. The van der Waals surface area contributed by atoms with Crippen molar-refractivity contribution in [3.8, 4) is 27.6 Å². The molecule has 0 bridgehead atoms. The fraction of sp³-hybridized carbons (Fsp3) is 0.0769. The molecule has 1 aromatic carbocycles. The minimum Gasteiger partial charge on any atom is -0.497 e. The number of ether oxygens (including phenoxy) is 1. The molecule has 2 N–H and O–H groups in total. The van der Waals surface area contributed by atoms with Crippen molar-refractivity contribution in [2.45, 2.75) is 0 Å². The summed E-state index contributed by atoms with van der Waals surface area (Å²) in [5.41, 5.74) is 1.46. The molecule has 2 aromatic heterocycles. The summed E-state index contributed by atoms with van der Waals surface area (Å²) in [7, 11) is 1.58. The Morgan fingerprint density at radius 1 is 1.38 bits per heavy atom. The first kappa shape index (κ1) is 13.3. The number of carboxylic acid groups (broad SMARTS) is 1. The maximum absolute atomic E-state index is 11.2. The molecule has 0 atom stereocenters. The van der Waals surface area contributed by atoms with Crippen molar-refractivity contribution >= 4 is 17.3 Å². The van der Waals surface area contributed by atoms with Crippen LogP contribution in [0.5, 0.6) is 5.75 Å². The van der Waals surface area contributed by atoms with Crippen LogP contribution in [0.4, 0.5) is 0 Å². The zero-order chi connectivity index (χ0) is 14.8. The first-order valence-corrected chi connectivity index (χ1v) is 6.76. The van der Waals surface area contributed by atoms with Gasteiger partial charge in [-0.15, -0.1) is 21.5 Å². The third kappa shape index (κ3) is 2.48. The highest BCUT2D eigenvalue weighted by Crippen LogP contribution is 2.38. The lowest BCUT2D eigenvalue weighted by atomic mass is 10.1. The summed E-state index contributed by atoms with van der Waals surface area (Å²) in [6, 6.07) is 8.93. The van der Waals surface area contributed by atoms with Crippen LogP contribution in [-0.4, -0.2) is 38.8 Å². The molecule has 7 nitrogen and oxygen atoms in total. The molecule has 0 radical (unpaired) electrons. The van der Waals surface area contributed by atoms with Crippen LogP contribution in [0.2, 0.25) is 0 Å². The average Bonchev–Trinajstić information content (AvgIpc) is 3.16. The van der Waals surface area contributed by atoms with Crippen LogP contribution in [0.3, 0.4) is 0 Å². The van der Waals surface area contributed by atoms with E-state index in [1.165, 1.54) is 0 Å². The molecule has 2 heterocycles. The van der Waals surface area contributed by atoms with E-state index in [-0.39, 0.29) is 4.88 Å². The third-order valence-corrected chi connectivity index (χ3v) is 4.03. The number of H-pyrrole nitrogens is 1. The normalized spacial score (nSPS) is 10.5. The molecule has 0 aliphatic heterocycles. The lowest BCUT2D eigenvalue weighted by Gasteiger charge is -2.03. The molecule has 0 aliphatic carbocycles. The van der Waals surface area contributed by atoms with Crippen molar-refractivity contribution in [2.75, 3.05) is 7.11 Å². The Morgan fingerprint density at radius 3 is 2.90 bits per heavy atom. The second-order valence-electron chi connectivity index (χ2n) is 4.13. The number of aromatic amines is 1. The van der Waals surface area contributed by atoms with Crippen LogP contribution < -0.4 is 4.74 Å². The van der Waals surface area contributed by atoms with E-state index < -0.39 is 5.97 Å². The van der Waals surface area contributed by atoms with E-state index in [0.717, 1.165) is 21.8 Å². The van der Waals surface area contributed by atoms with Crippen LogP contribution in [0.25, 0.3) is 21.8 Å². The minimum atomic E-state index is -0.987. The molecular weight excluding hydrogens is 292 g/mol. The van der Waals surface area contributed by atoms with Gasteiger partial charge < -0.3 is 9.84 Å². The van der Waals surface area contributed by atoms with E-state index >= 15 is 0 Å². The maximum Gasteiger partial charge on any atom is 0.345 e. The number of hydrogen-bond acceptors (Lipinski definition) is 6. The lowest BCUT2D eigenvalue weighted by Crippen LogP contribution is -1.90. The third-order valence-electron chi connectivity index (χ3n) is 2.86. The van der Waals surface area contributed by atoms with Gasteiger partial charge in [-0.3, -0.25) is 0 Å². The molecule has 0 unspecified atom stereocenters. The standard InChI is InChI=1S/C13H10N4O3S/c1-20-8-4-2-3-7(5-8)11-9(12-14-16-17-15-12)6-10(21-11)13(18)19/h2-6H,1H3,(H,18,19)(H,14,15,16,17). The highest BCUT2D eigenvalue weighted by molar-refractivity contribution is 7.18. The van der Waals surface area contributed by atoms with Gasteiger partial charge in [0.05, 0.1) is 7.11 Å². The summed E-state index contributed by atoms with van der Waals surface area (Å²) in [6.45, 7) is 0. The number of carboxylic acids is 1. The van der Waals surface area contributed by atoms with Gasteiger partial charge in [-0.1, -0.05) is 12.1 Å². The van der Waals surface area contributed by atoms with Gasteiger partial charge in [-0.25, -0.2) is 4.79 Å². The number of aromatic nitrogens is 4. The Kier molecular flexibility index (Phi) is 3.36. The number of methoxy groups -OCH3 is 1. The van der Waals surface area contributed by atoms with Gasteiger partial charge >= 0.3 is 5.97 Å². The van der Waals surface area contributed by atoms with Crippen molar-refractivity contribution in [1.82, 2.24) is 20.6 Å². The highest BCUT2D eigenvalue weighted by Gasteiger charge is 2.19. The SMILES string of the molecule is COc1cccc(-c2sc(C(=O)O)cc2-c2nn[nH]n2)c1. The first-order valence-electron chi connectivity index (χ1n) is 5.94. The fourth-order valence-electron chi connectivity index (χ4n) is 1.92. The number of tetrazole rings is 1. The topological polar surface area (TPSA) is 101 Å². The Bertz CT molecular complexity index is 783. The van der Waals surface area contributed by atoms with Crippen molar-refractivity contribution in [1.29, 1.82) is 0 Å². The summed E-state index contributed by atoms with van der Waals surface area (Å²) in [5, 5.41) is 22.9. The van der Waals surface area contributed by atoms with Crippen LogP contribution in [-0.2, 0) is 0 Å². The van der Waals surface area contributed by atoms with E-state index in [4.69, 9.17) is 4.74 Å². The van der Waals surface area contributed by atoms with Gasteiger partial charge in [-0.05, 0) is 29.0 Å². The smallest absolute Gasteiger partial charge is 0.345 e. The summed E-state index contributed by atoms with van der Waals surface area (Å²) < 4.78 is 5.20. The van der Waals surface area contributed by atoms with Gasteiger partial charge in [0.25, 0.3) is 0 Å². The number of nitrogens with one attached hydrogen (secondary N) is 1. The van der Waals surface area contributed by atoms with Gasteiger partial charge in [0.15, 0.2) is 0 Å². The van der Waals surface area contributed by atoms with E-state index in [2.05, 4.69) is 20.6 Å². The molecule has 8 heteroatoms. The molecule has 0 aliphatic rings. The zero-order valence-corrected chi connectivity index (χ0v) is 11.7. The molecule has 0 saturated heterocycles. The molecule has 0 fully saturated rings. The van der Waals surface area contributed by atoms with Crippen molar-refractivity contribution in [2.24, 2.45) is 0 Å². The molecule has 3 rings (SSSR count). The summed E-state index contributed by atoms with van der Waals surface area (Å²) >= 11 is 1.16. The predicted molar refractivity (Wildman–Crippen MR) is 76.4 cm³/mol. The van der Waals surface area contributed by atoms with Crippen molar-refractivity contribution in [3.63, 3.8) is 0 Å². The molecular formula is C13H10N4O3S. The van der Waals surface area contributed by atoms with Crippen LogP contribution in [0, 0.1) is 0 Å². The molecule has 0 amide bonds. The van der Waals surface area contributed by atoms with E-state index in [9.17, 15) is 9.90 Å². The fourth-order valence-corrected chi connectivity index (χ4v) is 2.91. The van der Waals surface area contributed by atoms with Gasteiger partial charge in [0, 0.05) is 10.4 Å². The number of aromatic carboxylic acids is 1. The monoisotopic (exact) mass is 302 g/mol. The molecule has 106 valence electrons. The second-order valence-corrected chi connectivity index (χ2v) is 5.18. The van der Waals surface area contributed by atoms with E-state index in [1.54, 1.807) is 13.2 Å². The molecule has 0 spiro atoms. The van der Waals surface area contributed by atoms with E-state index in [0.29, 0.717) is 17.1 Å². The summed E-state index contributed by atoms with van der Waals surface area (Å²) in [5.74, 6) is 0.0623. The quantitative estimate of drug-likeness (QED) is 0.767. The van der Waals surface area contributed by atoms with E-state index in [1.807, 2.05) is 24.3 Å². The largest absolute Gasteiger partial charge is 0.497 e. The van der Waals surface area contributed by atoms with Crippen LogP contribution in [0.1, 0.15) is 9.67 Å². The van der Waals surface area contributed by atoms with Crippen molar-refractivity contribution < 1.29 is 14.6 Å². The summed E-state index contributed by atoms with van der Waals surface area (Å²) in [6.07, 6.45) is 0. The Balaban J connectivity index is 2.18. The highest BCUT2D eigenvalue weighted by atomic mass is 32.1. The maximum atomic E-state index is 11.2. The zero-order valence-electron chi connectivity index (χ0n) is 10.9.